The van der Waals surface area contributed by atoms with Gasteiger partial charge in [0.05, 0.1) is 24.5 Å². The Balaban J connectivity index is 0.000000163. The Morgan fingerprint density at radius 1 is 0.461 bits per heavy atom. The Labute approximate surface area is 526 Å². The van der Waals surface area contributed by atoms with Gasteiger partial charge in [0.15, 0.2) is 23.2 Å². The zero-order valence-corrected chi connectivity index (χ0v) is 50.6. The third-order valence-electron chi connectivity index (χ3n) is 13.1. The fraction of sp³-hybridized carbons (Fsp3) is 0.0506. The van der Waals surface area contributed by atoms with Crippen LogP contribution >= 0.6 is 11.8 Å². The molecule has 10 heteroatoms. The minimum atomic E-state index is -0.0114. The van der Waals surface area contributed by atoms with Crippen LogP contribution in [0.1, 0.15) is 51.4 Å². The van der Waals surface area contributed by atoms with Crippen LogP contribution in [0.2, 0.25) is 0 Å². The van der Waals surface area contributed by atoms with E-state index in [9.17, 15) is 14.4 Å². The van der Waals surface area contributed by atoms with E-state index in [1.165, 1.54) is 5.56 Å². The molecule has 0 radical (unpaired) electrons. The Bertz CT molecular complexity index is 3770. The third-order valence-corrected chi connectivity index (χ3v) is 14.2. The maximum Gasteiger partial charge on any atom is 0.178 e. The normalized spacial score (nSPS) is 11.0. The molecule has 0 aliphatic heterocycles. The summed E-state index contributed by atoms with van der Waals surface area (Å²) in [5.74, 6) is 1.44. The summed E-state index contributed by atoms with van der Waals surface area (Å²) in [6.07, 6.45) is 24.7. The molecule has 438 valence electrons. The summed E-state index contributed by atoms with van der Waals surface area (Å²) in [5, 5.41) is 12.4. The highest BCUT2D eigenvalue weighted by Crippen LogP contribution is 2.34. The van der Waals surface area contributed by atoms with Crippen LogP contribution in [0.4, 0.5) is 11.5 Å². The van der Waals surface area contributed by atoms with Crippen LogP contribution in [-0.2, 0) is 20.8 Å². The summed E-state index contributed by atoms with van der Waals surface area (Å²) in [6.45, 7) is 4.21. The lowest BCUT2D eigenvalue weighted by Crippen LogP contribution is -2.01. The topological polar surface area (TPSA) is 124 Å². The van der Waals surface area contributed by atoms with Gasteiger partial charge in [-0.2, -0.15) is 0 Å². The van der Waals surface area contributed by atoms with Crippen molar-refractivity contribution in [2.24, 2.45) is 0 Å². The number of hydrogen-bond acceptors (Lipinski definition) is 10. The SMILES string of the molecule is CCc1cc(-c2ccc(C)cc2)nnc1Nc1ccc(Sc2ccnc3cc(OC)cnc23)cc1.O=C(C=Cc1ccccc1)C=Cc1ccccc1.O=C(C=Cc1ccccc1)C=Cc1ccccc1.O=C(C=Cc1ccccc1)C=Cc1ccccc1. The smallest absolute Gasteiger partial charge is 0.178 e. The van der Waals surface area contributed by atoms with Gasteiger partial charge >= 0.3 is 0 Å². The first-order valence-corrected chi connectivity index (χ1v) is 29.8. The molecular weight excluding hydrogens is 1110 g/mol. The van der Waals surface area contributed by atoms with E-state index >= 15 is 0 Å². The number of allylic oxidation sites excluding steroid dienone is 6. The fourth-order valence-electron chi connectivity index (χ4n) is 8.34. The summed E-state index contributed by atoms with van der Waals surface area (Å²) >= 11 is 1.65. The number of ether oxygens (including phenoxy) is 1. The summed E-state index contributed by atoms with van der Waals surface area (Å²) in [4.78, 5) is 46.0. The van der Waals surface area contributed by atoms with Crippen LogP contribution in [0.15, 0.2) is 307 Å². The van der Waals surface area contributed by atoms with Crippen molar-refractivity contribution >= 4 is 88.1 Å². The van der Waals surface area contributed by atoms with Crippen molar-refractivity contribution in [1.29, 1.82) is 0 Å². The van der Waals surface area contributed by atoms with E-state index in [2.05, 4.69) is 93.9 Å². The number of nitrogens with one attached hydrogen (secondary N) is 1. The molecule has 3 aromatic heterocycles. The van der Waals surface area contributed by atoms with Crippen LogP contribution in [0, 0.1) is 6.92 Å². The van der Waals surface area contributed by atoms with E-state index in [1.807, 2.05) is 231 Å². The zero-order chi connectivity index (χ0) is 62.1. The number of benzene rings is 8. The molecule has 0 saturated carbocycles. The molecule has 89 heavy (non-hydrogen) atoms. The molecular formula is C79H67N5O4S. The summed E-state index contributed by atoms with van der Waals surface area (Å²) in [6, 6.07) is 81.3. The molecule has 0 atom stereocenters. The monoisotopic (exact) mass is 1180 g/mol. The van der Waals surface area contributed by atoms with E-state index in [1.54, 1.807) is 67.7 Å². The number of carbonyl (C=O) groups is 3. The second-order valence-corrected chi connectivity index (χ2v) is 20.9. The molecule has 0 aliphatic carbocycles. The minimum absolute atomic E-state index is 0.0114. The molecule has 8 aromatic carbocycles. The van der Waals surface area contributed by atoms with Crippen molar-refractivity contribution in [2.75, 3.05) is 12.4 Å². The second-order valence-electron chi connectivity index (χ2n) is 19.8. The van der Waals surface area contributed by atoms with Gasteiger partial charge in [0.25, 0.3) is 0 Å². The largest absolute Gasteiger partial charge is 0.495 e. The zero-order valence-electron chi connectivity index (χ0n) is 49.8. The lowest BCUT2D eigenvalue weighted by Gasteiger charge is -2.12. The maximum absolute atomic E-state index is 11.6. The van der Waals surface area contributed by atoms with Crippen molar-refractivity contribution in [3.05, 3.63) is 342 Å². The third kappa shape index (κ3) is 22.3. The van der Waals surface area contributed by atoms with E-state index in [4.69, 9.17) is 4.74 Å². The van der Waals surface area contributed by atoms with Crippen molar-refractivity contribution in [3.8, 4) is 17.0 Å². The van der Waals surface area contributed by atoms with Crippen molar-refractivity contribution in [1.82, 2.24) is 20.2 Å². The predicted molar refractivity (Wildman–Crippen MR) is 369 cm³/mol. The van der Waals surface area contributed by atoms with Crippen LogP contribution in [-0.4, -0.2) is 44.6 Å². The summed E-state index contributed by atoms with van der Waals surface area (Å²) in [7, 11) is 1.63. The van der Waals surface area contributed by atoms with E-state index < -0.39 is 0 Å². The van der Waals surface area contributed by atoms with Crippen molar-refractivity contribution in [2.45, 2.75) is 30.1 Å². The standard InChI is InChI=1S/C28H25N5OS.3C17H14O/c1-4-19-15-24(20-7-5-18(2)6-8-20)32-33-28(19)31-21-9-11-23(12-10-21)35-26-13-14-29-25-16-22(34-3)17-30-27(25)26;3*18-17(13-11-15-7-3-1-4-8-15)14-12-16-9-5-2-6-10-16/h5-17H,4H2,1-3H3,(H,31,33);3*1-14H. The first-order chi connectivity index (χ1) is 43.7. The Kier molecular flexibility index (Phi) is 25.3. The molecule has 3 heterocycles. The molecule has 0 spiro atoms. The highest BCUT2D eigenvalue weighted by atomic mass is 32.2. The minimum Gasteiger partial charge on any atom is -0.495 e. The van der Waals surface area contributed by atoms with Crippen LogP contribution in [0.5, 0.6) is 5.75 Å². The molecule has 0 fully saturated rings. The van der Waals surface area contributed by atoms with E-state index in [0.29, 0.717) is 5.75 Å². The highest BCUT2D eigenvalue weighted by molar-refractivity contribution is 7.99. The number of rotatable bonds is 19. The van der Waals surface area contributed by atoms with Gasteiger partial charge in [0.2, 0.25) is 0 Å². The average molecular weight is 1180 g/mol. The van der Waals surface area contributed by atoms with Crippen LogP contribution < -0.4 is 10.1 Å². The lowest BCUT2D eigenvalue weighted by molar-refractivity contribution is -0.111. The molecule has 0 bridgehead atoms. The predicted octanol–water partition coefficient (Wildman–Crippen LogP) is 18.8. The maximum atomic E-state index is 11.6. The first kappa shape index (κ1) is 63.8. The number of anilines is 2. The average Bonchev–Trinajstić information content (AvgIpc) is 1.61. The molecule has 11 aromatic rings. The molecule has 1 N–H and O–H groups in total. The fourth-order valence-corrected chi connectivity index (χ4v) is 9.25. The highest BCUT2D eigenvalue weighted by Gasteiger charge is 2.11. The van der Waals surface area contributed by atoms with Crippen molar-refractivity contribution in [3.63, 3.8) is 0 Å². The van der Waals surface area contributed by atoms with Gasteiger partial charge in [-0.1, -0.05) is 267 Å². The number of carbonyl (C=O) groups excluding carboxylic acids is 3. The Morgan fingerprint density at radius 3 is 1.22 bits per heavy atom. The summed E-state index contributed by atoms with van der Waals surface area (Å²) in [5.41, 5.74) is 13.1. The number of fused-ring (bicyclic) bond motifs is 1. The Morgan fingerprint density at radius 2 is 0.854 bits per heavy atom. The second kappa shape index (κ2) is 35.3. The molecule has 0 amide bonds. The first-order valence-electron chi connectivity index (χ1n) is 28.9. The molecule has 0 saturated heterocycles. The summed E-state index contributed by atoms with van der Waals surface area (Å²) < 4.78 is 5.27. The van der Waals surface area contributed by atoms with E-state index in [0.717, 1.165) is 89.0 Å². The molecule has 0 unspecified atom stereocenters. The van der Waals surface area contributed by atoms with Gasteiger partial charge in [-0.05, 0) is 125 Å². The number of nitrogens with zero attached hydrogens (tertiary/aromatic N) is 4. The van der Waals surface area contributed by atoms with Gasteiger partial charge in [-0.15, -0.1) is 10.2 Å². The van der Waals surface area contributed by atoms with Gasteiger partial charge in [-0.25, -0.2) is 4.98 Å². The van der Waals surface area contributed by atoms with Gasteiger partial charge in [-0.3, -0.25) is 19.4 Å². The Hall–Kier alpha value is -11.2. The number of aryl methyl sites for hydroxylation is 2. The number of aromatic nitrogens is 4. The molecule has 9 nitrogen and oxygen atoms in total. The van der Waals surface area contributed by atoms with E-state index in [-0.39, 0.29) is 17.3 Å². The number of ketones is 3. The van der Waals surface area contributed by atoms with Gasteiger partial charge in [0.1, 0.15) is 11.3 Å². The number of hydrogen-bond donors (Lipinski definition) is 1. The molecule has 11 rings (SSSR count). The quantitative estimate of drug-likeness (QED) is 0.0783. The van der Waals surface area contributed by atoms with Crippen molar-refractivity contribution < 1.29 is 19.1 Å². The van der Waals surface area contributed by atoms with Crippen LogP contribution in [0.3, 0.4) is 0 Å². The molecule has 0 aliphatic rings. The number of pyridine rings is 2. The van der Waals surface area contributed by atoms with Crippen LogP contribution in [0.25, 0.3) is 58.7 Å². The lowest BCUT2D eigenvalue weighted by atomic mass is 10.1. The van der Waals surface area contributed by atoms with Gasteiger partial charge in [0, 0.05) is 33.3 Å². The number of methoxy groups -OCH3 is 1. The van der Waals surface area contributed by atoms with Gasteiger partial charge < -0.3 is 10.1 Å².